The van der Waals surface area contributed by atoms with Gasteiger partial charge in [0.1, 0.15) is 5.82 Å². The predicted octanol–water partition coefficient (Wildman–Crippen LogP) is 2.37. The van der Waals surface area contributed by atoms with Gasteiger partial charge < -0.3 is 0 Å². The summed E-state index contributed by atoms with van der Waals surface area (Å²) in [5.41, 5.74) is 0. The maximum Gasteiger partial charge on any atom is 0.213 e. The van der Waals surface area contributed by atoms with Gasteiger partial charge in [-0.25, -0.2) is 4.98 Å². The van der Waals surface area contributed by atoms with Crippen LogP contribution in [0, 0.1) is 10.7 Å². The summed E-state index contributed by atoms with van der Waals surface area (Å²) in [5, 5.41) is 5.88. The zero-order chi connectivity index (χ0) is 8.55. The van der Waals surface area contributed by atoms with Gasteiger partial charge in [0.15, 0.2) is 0 Å². The van der Waals surface area contributed by atoms with Gasteiger partial charge in [-0.1, -0.05) is 13.3 Å². The molecule has 0 aromatic carbocycles. The summed E-state index contributed by atoms with van der Waals surface area (Å²) in [6, 6.07) is 0. The first-order chi connectivity index (χ1) is 5.77. The Hall–Kier alpha value is -0.640. The van der Waals surface area contributed by atoms with E-state index < -0.39 is 0 Å². The topological polar surface area (TPSA) is 44.5 Å². The Balaban J connectivity index is 2.24. The standard InChI is InChI=1S/C8H13N3S/c1-5-3-2-4-6(5)7-9-8(12)11-10-7/h5-6H,2-4H2,1H3,(H2,9,10,11,12). The van der Waals surface area contributed by atoms with Crippen LogP contribution >= 0.6 is 12.2 Å². The SMILES string of the molecule is CC1CCCC1c1nc(=S)[nH][nH]1. The first-order valence-corrected chi connectivity index (χ1v) is 4.83. The van der Waals surface area contributed by atoms with Crippen LogP contribution in [0.15, 0.2) is 0 Å². The molecular weight excluding hydrogens is 170 g/mol. The molecule has 2 rings (SSSR count). The Morgan fingerprint density at radius 3 is 2.75 bits per heavy atom. The normalized spacial score (nSPS) is 29.4. The van der Waals surface area contributed by atoms with Crippen LogP contribution in [0.25, 0.3) is 0 Å². The van der Waals surface area contributed by atoms with E-state index in [1.807, 2.05) is 0 Å². The number of aromatic amines is 2. The van der Waals surface area contributed by atoms with E-state index in [0.717, 1.165) is 11.7 Å². The fourth-order valence-electron chi connectivity index (χ4n) is 2.01. The van der Waals surface area contributed by atoms with Crippen LogP contribution in [0.5, 0.6) is 0 Å². The lowest BCUT2D eigenvalue weighted by Crippen LogP contribution is -2.03. The summed E-state index contributed by atoms with van der Waals surface area (Å²) < 4.78 is 0.573. The highest BCUT2D eigenvalue weighted by atomic mass is 32.1. The van der Waals surface area contributed by atoms with Gasteiger partial charge in [-0.2, -0.15) is 0 Å². The lowest BCUT2D eigenvalue weighted by molar-refractivity contribution is 0.511. The molecule has 1 heterocycles. The maximum absolute atomic E-state index is 4.91. The summed E-state index contributed by atoms with van der Waals surface area (Å²) in [5.74, 6) is 2.39. The maximum atomic E-state index is 4.91. The highest BCUT2D eigenvalue weighted by molar-refractivity contribution is 7.71. The molecule has 1 aliphatic rings. The highest BCUT2D eigenvalue weighted by Gasteiger charge is 2.26. The minimum Gasteiger partial charge on any atom is -0.285 e. The number of rotatable bonds is 1. The quantitative estimate of drug-likeness (QED) is 0.656. The van der Waals surface area contributed by atoms with E-state index in [1.165, 1.54) is 19.3 Å². The van der Waals surface area contributed by atoms with Crippen molar-refractivity contribution in [3.8, 4) is 0 Å². The molecule has 2 unspecified atom stereocenters. The predicted molar refractivity (Wildman–Crippen MR) is 49.5 cm³/mol. The molecule has 1 aromatic heterocycles. The largest absolute Gasteiger partial charge is 0.285 e. The Morgan fingerprint density at radius 1 is 1.42 bits per heavy atom. The van der Waals surface area contributed by atoms with Crippen molar-refractivity contribution < 1.29 is 0 Å². The van der Waals surface area contributed by atoms with Crippen molar-refractivity contribution in [1.82, 2.24) is 15.2 Å². The number of hydrogen-bond donors (Lipinski definition) is 2. The summed E-state index contributed by atoms with van der Waals surface area (Å²) in [6.07, 6.45) is 3.88. The smallest absolute Gasteiger partial charge is 0.213 e. The molecule has 2 atom stereocenters. The summed E-state index contributed by atoms with van der Waals surface area (Å²) in [6.45, 7) is 2.28. The first-order valence-electron chi connectivity index (χ1n) is 4.42. The third-order valence-electron chi connectivity index (χ3n) is 2.73. The fraction of sp³-hybridized carbons (Fsp3) is 0.750. The molecule has 66 valence electrons. The van der Waals surface area contributed by atoms with Crippen LogP contribution < -0.4 is 0 Å². The third-order valence-corrected chi connectivity index (χ3v) is 2.93. The van der Waals surface area contributed by atoms with Crippen molar-refractivity contribution in [3.05, 3.63) is 10.6 Å². The fourth-order valence-corrected chi connectivity index (χ4v) is 2.16. The number of hydrogen-bond acceptors (Lipinski definition) is 2. The highest BCUT2D eigenvalue weighted by Crippen LogP contribution is 2.37. The monoisotopic (exact) mass is 183 g/mol. The van der Waals surface area contributed by atoms with Crippen molar-refractivity contribution in [2.24, 2.45) is 5.92 Å². The molecule has 2 N–H and O–H groups in total. The molecule has 4 heteroatoms. The van der Waals surface area contributed by atoms with Crippen molar-refractivity contribution in [2.75, 3.05) is 0 Å². The number of aromatic nitrogens is 3. The van der Waals surface area contributed by atoms with Gasteiger partial charge in [0, 0.05) is 5.92 Å². The molecule has 0 radical (unpaired) electrons. The van der Waals surface area contributed by atoms with Crippen molar-refractivity contribution in [1.29, 1.82) is 0 Å². The molecule has 0 spiro atoms. The number of H-pyrrole nitrogens is 2. The van der Waals surface area contributed by atoms with Crippen LogP contribution in [0.3, 0.4) is 0 Å². The van der Waals surface area contributed by atoms with E-state index in [-0.39, 0.29) is 0 Å². The second kappa shape index (κ2) is 3.01. The van der Waals surface area contributed by atoms with E-state index in [1.54, 1.807) is 0 Å². The van der Waals surface area contributed by atoms with Crippen molar-refractivity contribution in [3.63, 3.8) is 0 Å². The van der Waals surface area contributed by atoms with Gasteiger partial charge in [-0.15, -0.1) is 0 Å². The van der Waals surface area contributed by atoms with Crippen LogP contribution in [-0.2, 0) is 0 Å². The van der Waals surface area contributed by atoms with Gasteiger partial charge in [-0.3, -0.25) is 10.2 Å². The van der Waals surface area contributed by atoms with Gasteiger partial charge in [0.05, 0.1) is 0 Å². The molecule has 1 saturated carbocycles. The zero-order valence-corrected chi connectivity index (χ0v) is 7.95. The zero-order valence-electron chi connectivity index (χ0n) is 7.13. The van der Waals surface area contributed by atoms with E-state index in [4.69, 9.17) is 12.2 Å². The van der Waals surface area contributed by atoms with Gasteiger partial charge >= 0.3 is 0 Å². The van der Waals surface area contributed by atoms with Crippen LogP contribution in [0.4, 0.5) is 0 Å². The van der Waals surface area contributed by atoms with E-state index in [0.29, 0.717) is 10.7 Å². The molecule has 12 heavy (non-hydrogen) atoms. The van der Waals surface area contributed by atoms with Gasteiger partial charge in [0.25, 0.3) is 0 Å². The molecule has 0 amide bonds. The summed E-state index contributed by atoms with van der Waals surface area (Å²) in [7, 11) is 0. The lowest BCUT2D eigenvalue weighted by atomic mass is 9.98. The second-order valence-electron chi connectivity index (χ2n) is 3.57. The number of nitrogens with zero attached hydrogens (tertiary/aromatic N) is 1. The average Bonchev–Trinajstić information content (AvgIpc) is 2.58. The van der Waals surface area contributed by atoms with E-state index in [2.05, 4.69) is 22.1 Å². The minimum atomic E-state index is 0.573. The summed E-state index contributed by atoms with van der Waals surface area (Å²) in [4.78, 5) is 4.25. The molecule has 0 aliphatic heterocycles. The van der Waals surface area contributed by atoms with Crippen LogP contribution in [0.2, 0.25) is 0 Å². The van der Waals surface area contributed by atoms with Crippen LogP contribution in [0.1, 0.15) is 37.9 Å². The minimum absolute atomic E-state index is 0.573. The Kier molecular flexibility index (Phi) is 2.00. The molecule has 1 aliphatic carbocycles. The van der Waals surface area contributed by atoms with Gasteiger partial charge in [-0.05, 0) is 31.0 Å². The molecule has 1 fully saturated rings. The Morgan fingerprint density at radius 2 is 2.25 bits per heavy atom. The van der Waals surface area contributed by atoms with Crippen molar-refractivity contribution in [2.45, 2.75) is 32.1 Å². The average molecular weight is 183 g/mol. The third kappa shape index (κ3) is 1.31. The molecular formula is C8H13N3S. The molecule has 1 aromatic rings. The lowest BCUT2D eigenvalue weighted by Gasteiger charge is -2.10. The number of nitrogens with one attached hydrogen (secondary N) is 2. The Bertz CT molecular complexity index is 314. The Labute approximate surface area is 76.6 Å². The van der Waals surface area contributed by atoms with Gasteiger partial charge in [0.2, 0.25) is 4.77 Å². The van der Waals surface area contributed by atoms with Crippen molar-refractivity contribution >= 4 is 12.2 Å². The second-order valence-corrected chi connectivity index (χ2v) is 3.95. The molecule has 0 bridgehead atoms. The van der Waals surface area contributed by atoms with E-state index in [9.17, 15) is 0 Å². The molecule has 3 nitrogen and oxygen atoms in total. The first kappa shape index (κ1) is 7.98. The van der Waals surface area contributed by atoms with E-state index >= 15 is 0 Å². The summed E-state index contributed by atoms with van der Waals surface area (Å²) >= 11 is 4.91. The molecule has 0 saturated heterocycles. The van der Waals surface area contributed by atoms with Crippen LogP contribution in [-0.4, -0.2) is 15.2 Å².